The summed E-state index contributed by atoms with van der Waals surface area (Å²) in [5.41, 5.74) is 1.93. The van der Waals surface area contributed by atoms with Crippen LogP contribution in [0.25, 0.3) is 5.82 Å². The van der Waals surface area contributed by atoms with Crippen LogP contribution in [0.5, 0.6) is 0 Å². The second-order valence-corrected chi connectivity index (χ2v) is 6.37. The number of nitrogens with zero attached hydrogens (tertiary/aromatic N) is 6. The zero-order valence-corrected chi connectivity index (χ0v) is 14.7. The molecular formula is C18H18N6O3. The first kappa shape index (κ1) is 17.0. The van der Waals surface area contributed by atoms with E-state index in [0.717, 1.165) is 0 Å². The summed E-state index contributed by atoms with van der Waals surface area (Å²) < 4.78 is 3.30. The van der Waals surface area contributed by atoms with Crippen molar-refractivity contribution in [3.63, 3.8) is 0 Å². The quantitative estimate of drug-likeness (QED) is 0.753. The minimum Gasteiger partial charge on any atom is -0.476 e. The molecule has 1 N–H and O–H groups in total. The normalized spacial score (nSPS) is 13.9. The van der Waals surface area contributed by atoms with Crippen molar-refractivity contribution in [2.75, 3.05) is 6.54 Å². The summed E-state index contributed by atoms with van der Waals surface area (Å²) in [5.74, 6) is -0.559. The van der Waals surface area contributed by atoms with Gasteiger partial charge < -0.3 is 10.0 Å². The third-order valence-corrected chi connectivity index (χ3v) is 4.63. The monoisotopic (exact) mass is 366 g/mol. The number of carbonyl (C=O) groups is 2. The average molecular weight is 366 g/mol. The third-order valence-electron chi connectivity index (χ3n) is 4.63. The molecular weight excluding hydrogens is 348 g/mol. The van der Waals surface area contributed by atoms with Crippen molar-refractivity contribution in [1.29, 1.82) is 0 Å². The summed E-state index contributed by atoms with van der Waals surface area (Å²) in [6.07, 6.45) is 3.93. The first-order chi connectivity index (χ1) is 13.0. The van der Waals surface area contributed by atoms with E-state index >= 15 is 0 Å². The van der Waals surface area contributed by atoms with Crippen molar-refractivity contribution < 1.29 is 14.7 Å². The summed E-state index contributed by atoms with van der Waals surface area (Å²) in [6.45, 7) is 3.30. The molecule has 0 saturated carbocycles. The molecule has 0 fully saturated rings. The maximum atomic E-state index is 13.1. The third kappa shape index (κ3) is 3.07. The van der Waals surface area contributed by atoms with Crippen LogP contribution in [0.15, 0.2) is 36.7 Å². The lowest BCUT2D eigenvalue weighted by Gasteiger charge is -2.19. The van der Waals surface area contributed by atoms with Gasteiger partial charge in [-0.2, -0.15) is 10.2 Å². The molecule has 0 atom stereocenters. The molecule has 3 aromatic rings. The van der Waals surface area contributed by atoms with Crippen molar-refractivity contribution in [3.05, 3.63) is 59.3 Å². The topological polar surface area (TPSA) is 106 Å². The van der Waals surface area contributed by atoms with Crippen molar-refractivity contribution in [2.45, 2.75) is 26.4 Å². The van der Waals surface area contributed by atoms with Crippen LogP contribution in [0, 0.1) is 6.92 Å². The number of carboxylic acid groups (broad SMARTS) is 1. The predicted octanol–water partition coefficient (Wildman–Crippen LogP) is 1.52. The van der Waals surface area contributed by atoms with Gasteiger partial charge in [-0.1, -0.05) is 6.07 Å². The fraction of sp³-hybridized carbons (Fsp3) is 0.278. The lowest BCUT2D eigenvalue weighted by Crippen LogP contribution is -2.31. The molecule has 0 spiro atoms. The Labute approximate surface area is 154 Å². The standard InChI is InChI=1S/C18H18N6O3/c1-12-14(10-20-24(12)16-5-2-3-6-19-16)17(25)22-7-4-8-23-13(11-22)9-15(21-23)18(26)27/h2-3,5-6,9-10H,4,7-8,11H2,1H3,(H,26,27). The fourth-order valence-electron chi connectivity index (χ4n) is 3.24. The van der Waals surface area contributed by atoms with E-state index in [0.29, 0.717) is 48.8 Å². The minimum atomic E-state index is -1.07. The number of amides is 1. The summed E-state index contributed by atoms with van der Waals surface area (Å²) in [5, 5.41) is 17.5. The van der Waals surface area contributed by atoms with Gasteiger partial charge in [0.15, 0.2) is 11.5 Å². The second-order valence-electron chi connectivity index (χ2n) is 6.37. The number of aryl methyl sites for hydroxylation is 1. The van der Waals surface area contributed by atoms with E-state index in [1.54, 1.807) is 26.7 Å². The zero-order valence-electron chi connectivity index (χ0n) is 14.7. The Bertz CT molecular complexity index is 1010. The smallest absolute Gasteiger partial charge is 0.356 e. The molecule has 1 aliphatic heterocycles. The molecule has 1 amide bonds. The van der Waals surface area contributed by atoms with E-state index in [1.165, 1.54) is 6.07 Å². The molecule has 138 valence electrons. The number of hydrogen-bond acceptors (Lipinski definition) is 5. The molecule has 9 nitrogen and oxygen atoms in total. The Kier molecular flexibility index (Phi) is 4.19. The number of carbonyl (C=O) groups excluding carboxylic acids is 1. The molecule has 0 bridgehead atoms. The summed E-state index contributed by atoms with van der Waals surface area (Å²) in [7, 11) is 0. The van der Waals surface area contributed by atoms with Gasteiger partial charge >= 0.3 is 5.97 Å². The number of hydrogen-bond donors (Lipinski definition) is 1. The molecule has 9 heteroatoms. The second kappa shape index (κ2) is 6.67. The molecule has 0 saturated heterocycles. The fourth-order valence-corrected chi connectivity index (χ4v) is 3.24. The number of aromatic nitrogens is 5. The number of fused-ring (bicyclic) bond motifs is 1. The zero-order chi connectivity index (χ0) is 19.0. The van der Waals surface area contributed by atoms with Gasteiger partial charge in [0.1, 0.15) is 0 Å². The predicted molar refractivity (Wildman–Crippen MR) is 94.6 cm³/mol. The van der Waals surface area contributed by atoms with E-state index in [1.807, 2.05) is 25.1 Å². The Balaban J connectivity index is 1.61. The van der Waals surface area contributed by atoms with Crippen LogP contribution in [-0.4, -0.2) is 53.0 Å². The van der Waals surface area contributed by atoms with E-state index in [9.17, 15) is 9.59 Å². The van der Waals surface area contributed by atoms with Crippen LogP contribution >= 0.6 is 0 Å². The highest BCUT2D eigenvalue weighted by atomic mass is 16.4. The van der Waals surface area contributed by atoms with Gasteiger partial charge in [0.05, 0.1) is 29.7 Å². The average Bonchev–Trinajstić information content (AvgIpc) is 3.19. The highest BCUT2D eigenvalue weighted by molar-refractivity contribution is 5.95. The Morgan fingerprint density at radius 3 is 2.81 bits per heavy atom. The van der Waals surface area contributed by atoms with E-state index in [4.69, 9.17) is 5.11 Å². The lowest BCUT2D eigenvalue weighted by atomic mass is 10.2. The van der Waals surface area contributed by atoms with Crippen LogP contribution in [0.2, 0.25) is 0 Å². The van der Waals surface area contributed by atoms with Crippen LogP contribution in [0.4, 0.5) is 0 Å². The summed E-state index contributed by atoms with van der Waals surface area (Å²) in [4.78, 5) is 30.2. The summed E-state index contributed by atoms with van der Waals surface area (Å²) >= 11 is 0. The molecule has 4 rings (SSSR count). The largest absolute Gasteiger partial charge is 0.476 e. The van der Waals surface area contributed by atoms with E-state index in [2.05, 4.69) is 15.2 Å². The maximum Gasteiger partial charge on any atom is 0.356 e. The van der Waals surface area contributed by atoms with Gasteiger partial charge in [0.2, 0.25) is 0 Å². The SMILES string of the molecule is Cc1c(C(=O)N2CCCn3nc(C(=O)O)cc3C2)cnn1-c1ccccn1. The van der Waals surface area contributed by atoms with Gasteiger partial charge in [0, 0.05) is 19.3 Å². The van der Waals surface area contributed by atoms with Crippen molar-refractivity contribution in [2.24, 2.45) is 0 Å². The first-order valence-electron chi connectivity index (χ1n) is 8.60. The molecule has 0 aliphatic carbocycles. The van der Waals surface area contributed by atoms with Crippen LogP contribution in [0.3, 0.4) is 0 Å². The van der Waals surface area contributed by atoms with E-state index < -0.39 is 5.97 Å². The van der Waals surface area contributed by atoms with Crippen LogP contribution in [-0.2, 0) is 13.1 Å². The lowest BCUT2D eigenvalue weighted by molar-refractivity contribution is 0.0689. The van der Waals surface area contributed by atoms with Crippen molar-refractivity contribution in [3.8, 4) is 5.82 Å². The Morgan fingerprint density at radius 1 is 1.22 bits per heavy atom. The number of rotatable bonds is 3. The molecule has 1 aliphatic rings. The maximum absolute atomic E-state index is 13.1. The van der Waals surface area contributed by atoms with Gasteiger partial charge in [-0.05, 0) is 31.5 Å². The van der Waals surface area contributed by atoms with Gasteiger partial charge in [0.25, 0.3) is 5.91 Å². The van der Waals surface area contributed by atoms with E-state index in [-0.39, 0.29) is 11.6 Å². The highest BCUT2D eigenvalue weighted by Gasteiger charge is 2.25. The van der Waals surface area contributed by atoms with Gasteiger partial charge in [-0.3, -0.25) is 9.48 Å². The molecule has 0 unspecified atom stereocenters. The van der Waals surface area contributed by atoms with Gasteiger partial charge in [-0.25, -0.2) is 14.5 Å². The Hall–Kier alpha value is -3.49. The molecule has 27 heavy (non-hydrogen) atoms. The van der Waals surface area contributed by atoms with Crippen LogP contribution < -0.4 is 0 Å². The van der Waals surface area contributed by atoms with Crippen molar-refractivity contribution >= 4 is 11.9 Å². The minimum absolute atomic E-state index is 0.00143. The molecule has 0 aromatic carbocycles. The number of aromatic carboxylic acids is 1. The number of pyridine rings is 1. The first-order valence-corrected chi connectivity index (χ1v) is 8.60. The Morgan fingerprint density at radius 2 is 2.07 bits per heavy atom. The molecule has 3 aromatic heterocycles. The van der Waals surface area contributed by atoms with Crippen LogP contribution in [0.1, 0.15) is 38.7 Å². The highest BCUT2D eigenvalue weighted by Crippen LogP contribution is 2.19. The summed E-state index contributed by atoms with van der Waals surface area (Å²) in [6, 6.07) is 7.03. The van der Waals surface area contributed by atoms with Gasteiger partial charge in [-0.15, -0.1) is 0 Å². The number of carboxylic acids is 1. The molecule has 4 heterocycles. The molecule has 0 radical (unpaired) electrons. The van der Waals surface area contributed by atoms with Crippen molar-refractivity contribution in [1.82, 2.24) is 29.4 Å².